The van der Waals surface area contributed by atoms with E-state index < -0.39 is 47.9 Å². The summed E-state index contributed by atoms with van der Waals surface area (Å²) in [5.74, 6) is -3.70. The molecular formula is C68H70Cl3F3LiN9O14. The van der Waals surface area contributed by atoms with Crippen LogP contribution in [0, 0.1) is 17.5 Å². The van der Waals surface area contributed by atoms with Gasteiger partial charge in [-0.3, -0.25) is 38.0 Å². The average molecular weight is 1410 g/mol. The molecule has 3 aliphatic rings. The van der Waals surface area contributed by atoms with Crippen molar-refractivity contribution in [2.75, 3.05) is 33.9 Å². The van der Waals surface area contributed by atoms with Crippen molar-refractivity contribution < 1.29 is 100 Å². The molecule has 0 atom stereocenters. The molecule has 23 nitrogen and oxygen atoms in total. The number of esters is 2. The fourth-order valence-corrected chi connectivity index (χ4v) is 10.8. The number of amides is 2. The van der Waals surface area contributed by atoms with Gasteiger partial charge in [0, 0.05) is 94.8 Å². The van der Waals surface area contributed by atoms with Crippen LogP contribution in [0.2, 0.25) is 15.1 Å². The van der Waals surface area contributed by atoms with E-state index in [0.29, 0.717) is 72.5 Å². The number of methoxy groups -OCH3 is 2. The molecule has 9 aromatic rings. The topological polar surface area (TPSA) is 291 Å². The van der Waals surface area contributed by atoms with Gasteiger partial charge >= 0.3 is 42.7 Å². The Hall–Kier alpha value is -9.65. The van der Waals surface area contributed by atoms with Crippen LogP contribution in [0.25, 0.3) is 33.8 Å². The number of aliphatic carboxylic acids is 1. The van der Waals surface area contributed by atoms with E-state index in [4.69, 9.17) is 58.9 Å². The number of nitrogens with one attached hydrogen (secondary N) is 1. The first-order valence-electron chi connectivity index (χ1n) is 28.1. The molecule has 514 valence electrons. The second kappa shape index (κ2) is 36.1. The average Bonchev–Trinajstić information content (AvgIpc) is 1.60. The van der Waals surface area contributed by atoms with E-state index >= 15 is 0 Å². The van der Waals surface area contributed by atoms with Gasteiger partial charge in [0.05, 0.1) is 43.4 Å². The Balaban J connectivity index is 0.000000285. The van der Waals surface area contributed by atoms with Crippen LogP contribution in [0.15, 0.2) is 127 Å². The van der Waals surface area contributed by atoms with Crippen molar-refractivity contribution in [3.05, 3.63) is 210 Å². The Kier molecular flexibility index (Phi) is 29.7. The first-order chi connectivity index (χ1) is 44.5. The fourth-order valence-electron chi connectivity index (χ4n) is 10.3. The summed E-state index contributed by atoms with van der Waals surface area (Å²) in [5, 5.41) is 35.6. The number of rotatable bonds is 15. The van der Waals surface area contributed by atoms with Crippen molar-refractivity contribution in [2.45, 2.75) is 61.7 Å². The predicted molar refractivity (Wildman–Crippen MR) is 355 cm³/mol. The molecule has 2 amide bonds. The van der Waals surface area contributed by atoms with E-state index in [2.05, 4.69) is 25.3 Å². The summed E-state index contributed by atoms with van der Waals surface area (Å²) in [5.41, 5.74) is 7.50. The third-order valence-electron chi connectivity index (χ3n) is 14.6. The van der Waals surface area contributed by atoms with Crippen molar-refractivity contribution in [3.63, 3.8) is 0 Å². The van der Waals surface area contributed by atoms with Crippen LogP contribution in [-0.4, -0.2) is 124 Å². The van der Waals surface area contributed by atoms with Gasteiger partial charge in [-0.15, -0.1) is 0 Å². The quantitative estimate of drug-likeness (QED) is 0.0636. The molecule has 0 saturated carbocycles. The van der Waals surface area contributed by atoms with Crippen LogP contribution >= 0.6 is 34.8 Å². The normalized spacial score (nSPS) is 11.1. The van der Waals surface area contributed by atoms with Gasteiger partial charge < -0.3 is 54.5 Å². The number of aryl methyl sites for hydroxylation is 3. The Bertz CT molecular complexity index is 4360. The zero-order chi connectivity index (χ0) is 66.8. The van der Waals surface area contributed by atoms with E-state index in [-0.39, 0.29) is 133 Å². The van der Waals surface area contributed by atoms with Crippen LogP contribution < -0.4 is 38.4 Å². The summed E-state index contributed by atoms with van der Waals surface area (Å²) in [6.07, 6.45) is 0. The number of carboxylic acids is 2. The molecule has 0 spiro atoms. The van der Waals surface area contributed by atoms with E-state index in [1.54, 1.807) is 126 Å². The van der Waals surface area contributed by atoms with Gasteiger partial charge in [-0.05, 0) is 84.4 Å². The van der Waals surface area contributed by atoms with Gasteiger partial charge in [-0.1, -0.05) is 106 Å². The standard InChI is InChI=1S/C22H19ClFN3O4.C21H17ClFN3O4.C12H9ClN2O3.C10H12FNO2.3CH4.Li.H2O/c1-26-21-15-9-14(23)7-8-18(15)31-12-16(21)20(25-26)22(29)27(11-19(28)30-2)10-13-5-3-4-6-17(13)24;1-25-20-14-8-13(22)6-7-17(14)30-11-15(20)19(24-25)21(29)26(10-18(27)28)9-12-4-2-3-5-16(12)23;1-15-11-7-4-6(13)2-3-9(7)18-5-8(11)10(14-15)12(16)17;1-14-10(13)7-12-6-8-3-2-4-9(11)5-8;;;;;/h3-9H,10-12H2,1-2H3;2-8H,9-11H2,1H3,(H,27,28);2-4H,5H2,1H3,(H,16,17);2-5,12H,6-7H2,1H3;3*1H4;;1H2/q;;;;;;;+1;/p-1. The SMILES string of the molecule is C.C.C.COC(=O)CN(Cc1ccccc1F)C(=O)c1nn(C)c2c1COc1ccc(Cl)cc1-2.COC(=O)CNCc1cccc(F)c1.Cn1nc(C(=O)N(CC(=O)O)Cc2ccccc2F)c2c1-c1cc(Cl)ccc1OC2.Cn1nc(C(=O)O)c2c1-c1cc(Cl)ccc1OC2.[Li+].[OH-]. The maximum atomic E-state index is 14.2. The number of nitrogens with zero attached hydrogens (tertiary/aromatic N) is 8. The third kappa shape index (κ3) is 18.9. The number of benzene rings is 6. The van der Waals surface area contributed by atoms with E-state index in [1.807, 2.05) is 0 Å². The van der Waals surface area contributed by atoms with Crippen LogP contribution in [0.3, 0.4) is 0 Å². The van der Waals surface area contributed by atoms with Crippen LogP contribution in [0.5, 0.6) is 17.2 Å². The Morgan fingerprint density at radius 2 is 0.929 bits per heavy atom. The summed E-state index contributed by atoms with van der Waals surface area (Å²) >= 11 is 18.2. The minimum absolute atomic E-state index is 0. The van der Waals surface area contributed by atoms with Crippen molar-refractivity contribution in [3.8, 4) is 51.0 Å². The molecule has 12 rings (SSSR count). The summed E-state index contributed by atoms with van der Waals surface area (Å²) in [7, 11) is 7.66. The molecule has 3 aromatic heterocycles. The van der Waals surface area contributed by atoms with E-state index in [0.717, 1.165) is 27.3 Å². The number of aromatic nitrogens is 6. The third-order valence-corrected chi connectivity index (χ3v) is 15.3. The molecule has 30 heteroatoms. The first kappa shape index (κ1) is 80.8. The minimum atomic E-state index is -1.21. The van der Waals surface area contributed by atoms with E-state index in [1.165, 1.54) is 55.5 Å². The Labute approximate surface area is 590 Å². The Morgan fingerprint density at radius 3 is 1.31 bits per heavy atom. The van der Waals surface area contributed by atoms with Crippen LogP contribution in [0.1, 0.15) is 87.1 Å². The molecule has 0 bridgehead atoms. The van der Waals surface area contributed by atoms with Crippen molar-refractivity contribution >= 4 is 70.5 Å². The summed E-state index contributed by atoms with van der Waals surface area (Å²) in [6.45, 7) is -0.245. The van der Waals surface area contributed by atoms with Crippen molar-refractivity contribution in [1.29, 1.82) is 0 Å². The molecular weight excluding hydrogens is 1340 g/mol. The first-order valence-corrected chi connectivity index (χ1v) is 29.2. The second-order valence-electron chi connectivity index (χ2n) is 20.8. The minimum Gasteiger partial charge on any atom is -0.870 e. The Morgan fingerprint density at radius 1 is 0.541 bits per heavy atom. The van der Waals surface area contributed by atoms with Gasteiger partial charge in [0.25, 0.3) is 11.8 Å². The maximum absolute atomic E-state index is 14.2. The molecule has 3 aliphatic heterocycles. The zero-order valence-corrected chi connectivity index (χ0v) is 53.9. The van der Waals surface area contributed by atoms with Gasteiger partial charge in [0.2, 0.25) is 0 Å². The monoisotopic (exact) mass is 1410 g/mol. The molecule has 6 heterocycles. The van der Waals surface area contributed by atoms with Crippen LogP contribution in [0.4, 0.5) is 13.2 Å². The number of hydrogen-bond acceptors (Lipinski definition) is 16. The molecule has 0 radical (unpaired) electrons. The maximum Gasteiger partial charge on any atom is 1.00 e. The predicted octanol–water partition coefficient (Wildman–Crippen LogP) is 9.24. The number of halogens is 6. The number of ether oxygens (including phenoxy) is 5. The number of aromatic carboxylic acids is 1. The largest absolute Gasteiger partial charge is 1.00 e. The van der Waals surface area contributed by atoms with Gasteiger partial charge in [0.15, 0.2) is 17.1 Å². The molecule has 6 aromatic carbocycles. The summed E-state index contributed by atoms with van der Waals surface area (Å²) < 4.78 is 71.9. The van der Waals surface area contributed by atoms with Gasteiger partial charge in [-0.2, -0.15) is 15.3 Å². The molecule has 0 unspecified atom stereocenters. The molecule has 4 N–H and O–H groups in total. The molecule has 0 aliphatic carbocycles. The molecule has 0 saturated heterocycles. The molecule has 98 heavy (non-hydrogen) atoms. The van der Waals surface area contributed by atoms with Crippen LogP contribution in [-0.2, 0) is 84.5 Å². The summed E-state index contributed by atoms with van der Waals surface area (Å²) in [6, 6.07) is 33.9. The zero-order valence-electron chi connectivity index (χ0n) is 51.7. The smallest absolute Gasteiger partial charge is 0.870 e. The number of hydrogen-bond donors (Lipinski definition) is 3. The van der Waals surface area contributed by atoms with E-state index in [9.17, 15) is 47.0 Å². The van der Waals surface area contributed by atoms with Gasteiger partial charge in [0.1, 0.15) is 67.6 Å². The number of carboxylic acid groups (broad SMARTS) is 2. The number of carbonyl (C=O) groups is 6. The van der Waals surface area contributed by atoms with Crippen molar-refractivity contribution in [2.24, 2.45) is 21.1 Å². The summed E-state index contributed by atoms with van der Waals surface area (Å²) in [4.78, 5) is 74.1. The number of carbonyl (C=O) groups excluding carboxylic acids is 4. The van der Waals surface area contributed by atoms with Crippen molar-refractivity contribution in [1.82, 2.24) is 44.5 Å². The number of fused-ring (bicyclic) bond motifs is 9. The fraction of sp³-hybridized carbons (Fsp3) is 0.250. The molecule has 0 fully saturated rings. The second-order valence-corrected chi connectivity index (χ2v) is 22.1. The van der Waals surface area contributed by atoms with Gasteiger partial charge in [-0.25, -0.2) is 18.0 Å².